The number of halogens is 1. The number of nitrogens with one attached hydrogen (secondary N) is 1. The normalized spacial score (nSPS) is 19.4. The fourth-order valence-corrected chi connectivity index (χ4v) is 3.33. The number of hydrogen-bond donors (Lipinski definition) is 2. The van der Waals surface area contributed by atoms with Crippen LogP contribution in [0.4, 0.5) is 0 Å². The van der Waals surface area contributed by atoms with Crippen LogP contribution in [0, 0.1) is 5.92 Å². The molecule has 1 amide bonds. The molecule has 152 valence electrons. The molecule has 0 radical (unpaired) electrons. The highest BCUT2D eigenvalue weighted by atomic mass is 35.5. The Balaban J connectivity index is 1.72. The fraction of sp³-hybridized carbons (Fsp3) is 0.286. The minimum atomic E-state index is -0.990. The zero-order chi connectivity index (χ0) is 21.1. The quantitative estimate of drug-likeness (QED) is 0.752. The SMILES string of the molecule is CC1=NN(C)C(Oc2ccc(Cl)cc2)C1C(=O)N[C@@H](C)c1ccc(C(=O)O)cc1. The average Bonchev–Trinajstić information content (AvgIpc) is 2.96. The lowest BCUT2D eigenvalue weighted by atomic mass is 10.0. The Morgan fingerprint density at radius 3 is 2.38 bits per heavy atom. The van der Waals surface area contributed by atoms with Crippen LogP contribution in [0.3, 0.4) is 0 Å². The Morgan fingerprint density at radius 1 is 1.17 bits per heavy atom. The number of rotatable bonds is 6. The smallest absolute Gasteiger partial charge is 0.335 e. The number of carboxylic acid groups (broad SMARTS) is 1. The number of amides is 1. The number of hydrazone groups is 1. The van der Waals surface area contributed by atoms with Crippen molar-refractivity contribution in [3.05, 3.63) is 64.7 Å². The third kappa shape index (κ3) is 4.68. The molecule has 2 N–H and O–H groups in total. The molecule has 0 bridgehead atoms. The molecular formula is C21H22ClN3O4. The van der Waals surface area contributed by atoms with E-state index in [9.17, 15) is 9.59 Å². The second kappa shape index (κ2) is 8.53. The molecular weight excluding hydrogens is 394 g/mol. The lowest BCUT2D eigenvalue weighted by molar-refractivity contribution is -0.127. The van der Waals surface area contributed by atoms with Crippen molar-refractivity contribution in [3.63, 3.8) is 0 Å². The Hall–Kier alpha value is -3.06. The maximum atomic E-state index is 13.0. The van der Waals surface area contributed by atoms with Crippen molar-refractivity contribution in [1.82, 2.24) is 10.3 Å². The summed E-state index contributed by atoms with van der Waals surface area (Å²) in [6.07, 6.45) is -0.585. The summed E-state index contributed by atoms with van der Waals surface area (Å²) >= 11 is 5.92. The van der Waals surface area contributed by atoms with Gasteiger partial charge in [-0.1, -0.05) is 23.7 Å². The van der Waals surface area contributed by atoms with E-state index in [0.717, 1.165) is 5.56 Å². The second-order valence-electron chi connectivity index (χ2n) is 6.91. The van der Waals surface area contributed by atoms with Crippen molar-refractivity contribution < 1.29 is 19.4 Å². The van der Waals surface area contributed by atoms with E-state index < -0.39 is 18.1 Å². The largest absolute Gasteiger partial charge is 0.478 e. The van der Waals surface area contributed by atoms with Gasteiger partial charge >= 0.3 is 5.97 Å². The number of hydrogen-bond acceptors (Lipinski definition) is 5. The van der Waals surface area contributed by atoms with E-state index in [0.29, 0.717) is 16.5 Å². The maximum Gasteiger partial charge on any atom is 0.335 e. The van der Waals surface area contributed by atoms with Crippen LogP contribution in [-0.4, -0.2) is 41.0 Å². The monoisotopic (exact) mass is 415 g/mol. The summed E-state index contributed by atoms with van der Waals surface area (Å²) in [6.45, 7) is 3.63. The second-order valence-corrected chi connectivity index (χ2v) is 7.35. The first-order chi connectivity index (χ1) is 13.8. The van der Waals surface area contributed by atoms with Crippen LogP contribution in [0.15, 0.2) is 53.6 Å². The molecule has 0 fully saturated rings. The number of nitrogens with zero attached hydrogens (tertiary/aromatic N) is 2. The Kier molecular flexibility index (Phi) is 6.08. The topological polar surface area (TPSA) is 91.2 Å². The lowest BCUT2D eigenvalue weighted by Gasteiger charge is -2.26. The Labute approximate surface area is 173 Å². The molecule has 0 aliphatic carbocycles. The highest BCUT2D eigenvalue weighted by Crippen LogP contribution is 2.26. The van der Waals surface area contributed by atoms with Crippen molar-refractivity contribution in [3.8, 4) is 5.75 Å². The van der Waals surface area contributed by atoms with E-state index in [1.54, 1.807) is 55.4 Å². The van der Waals surface area contributed by atoms with Crippen LogP contribution >= 0.6 is 11.6 Å². The molecule has 7 nitrogen and oxygen atoms in total. The van der Waals surface area contributed by atoms with Gasteiger partial charge in [-0.3, -0.25) is 9.80 Å². The summed E-state index contributed by atoms with van der Waals surface area (Å²) in [5.74, 6) is -1.21. The summed E-state index contributed by atoms with van der Waals surface area (Å²) in [5.41, 5.74) is 1.65. The van der Waals surface area contributed by atoms with Crippen LogP contribution < -0.4 is 10.1 Å². The van der Waals surface area contributed by atoms with Crippen molar-refractivity contribution in [2.45, 2.75) is 26.1 Å². The number of aromatic carboxylic acids is 1. The molecule has 1 aliphatic heterocycles. The van der Waals surface area contributed by atoms with Gasteiger partial charge < -0.3 is 15.2 Å². The average molecular weight is 416 g/mol. The van der Waals surface area contributed by atoms with Gasteiger partial charge in [0.1, 0.15) is 11.7 Å². The zero-order valence-corrected chi connectivity index (χ0v) is 17.1. The first-order valence-corrected chi connectivity index (χ1v) is 9.48. The van der Waals surface area contributed by atoms with Gasteiger partial charge in [0, 0.05) is 12.1 Å². The van der Waals surface area contributed by atoms with Crippen molar-refractivity contribution in [2.75, 3.05) is 7.05 Å². The fourth-order valence-electron chi connectivity index (χ4n) is 3.21. The van der Waals surface area contributed by atoms with E-state index in [-0.39, 0.29) is 17.5 Å². The summed E-state index contributed by atoms with van der Waals surface area (Å²) in [5, 5.41) is 18.6. The van der Waals surface area contributed by atoms with Gasteiger partial charge in [0.25, 0.3) is 0 Å². The molecule has 1 aliphatic rings. The third-order valence-electron chi connectivity index (χ3n) is 4.79. The molecule has 3 atom stereocenters. The van der Waals surface area contributed by atoms with Crippen LogP contribution in [0.25, 0.3) is 0 Å². The van der Waals surface area contributed by atoms with E-state index in [1.165, 1.54) is 12.1 Å². The van der Waals surface area contributed by atoms with E-state index in [1.807, 2.05) is 6.92 Å². The number of carbonyl (C=O) groups is 2. The Bertz CT molecular complexity index is 928. The predicted octanol–water partition coefficient (Wildman–Crippen LogP) is 3.56. The number of carboxylic acids is 1. The van der Waals surface area contributed by atoms with Gasteiger partial charge in [-0.05, 0) is 55.8 Å². The van der Waals surface area contributed by atoms with Gasteiger partial charge in [0.05, 0.1) is 17.3 Å². The molecule has 2 unspecified atom stereocenters. The van der Waals surface area contributed by atoms with E-state index in [4.69, 9.17) is 21.4 Å². The zero-order valence-electron chi connectivity index (χ0n) is 16.3. The van der Waals surface area contributed by atoms with Crippen LogP contribution in [0.5, 0.6) is 5.75 Å². The molecule has 0 saturated carbocycles. The molecule has 0 saturated heterocycles. The molecule has 8 heteroatoms. The molecule has 2 aromatic carbocycles. The summed E-state index contributed by atoms with van der Waals surface area (Å²) < 4.78 is 6.00. The first-order valence-electron chi connectivity index (χ1n) is 9.10. The lowest BCUT2D eigenvalue weighted by Crippen LogP contribution is -2.45. The number of ether oxygens (including phenoxy) is 1. The van der Waals surface area contributed by atoms with Crippen LogP contribution in [0.2, 0.25) is 5.02 Å². The molecule has 29 heavy (non-hydrogen) atoms. The van der Waals surface area contributed by atoms with E-state index >= 15 is 0 Å². The van der Waals surface area contributed by atoms with Crippen LogP contribution in [0.1, 0.15) is 35.8 Å². The maximum absolute atomic E-state index is 13.0. The summed E-state index contributed by atoms with van der Waals surface area (Å²) in [6, 6.07) is 13.0. The van der Waals surface area contributed by atoms with Gasteiger partial charge in [0.2, 0.25) is 12.1 Å². The minimum absolute atomic E-state index is 0.198. The van der Waals surface area contributed by atoms with Gasteiger partial charge in [-0.25, -0.2) is 4.79 Å². The van der Waals surface area contributed by atoms with Crippen molar-refractivity contribution in [1.29, 1.82) is 0 Å². The molecule has 3 rings (SSSR count). The van der Waals surface area contributed by atoms with Crippen molar-refractivity contribution in [2.24, 2.45) is 11.0 Å². The van der Waals surface area contributed by atoms with E-state index in [2.05, 4.69) is 10.4 Å². The number of benzene rings is 2. The highest BCUT2D eigenvalue weighted by molar-refractivity contribution is 6.30. The highest BCUT2D eigenvalue weighted by Gasteiger charge is 2.40. The predicted molar refractivity (Wildman–Crippen MR) is 110 cm³/mol. The first kappa shape index (κ1) is 20.7. The standard InChI is InChI=1S/C21H22ClN3O4/c1-12(14-4-6-15(7-5-14)21(27)28)23-19(26)18-13(2)24-25(3)20(18)29-17-10-8-16(22)9-11-17/h4-12,18,20H,1-3H3,(H,23,26)(H,27,28)/t12-,18?,20?/m0/s1. The molecule has 0 spiro atoms. The van der Waals surface area contributed by atoms with Gasteiger partial charge in [-0.15, -0.1) is 0 Å². The third-order valence-corrected chi connectivity index (χ3v) is 5.04. The molecule has 0 aromatic heterocycles. The van der Waals surface area contributed by atoms with Gasteiger partial charge in [0.15, 0.2) is 0 Å². The van der Waals surface area contributed by atoms with Crippen LogP contribution in [-0.2, 0) is 4.79 Å². The molecule has 1 heterocycles. The minimum Gasteiger partial charge on any atom is -0.478 e. The summed E-state index contributed by atoms with van der Waals surface area (Å²) in [7, 11) is 1.76. The van der Waals surface area contributed by atoms with Gasteiger partial charge in [-0.2, -0.15) is 5.10 Å². The number of carbonyl (C=O) groups excluding carboxylic acids is 1. The Morgan fingerprint density at radius 2 is 1.79 bits per heavy atom. The van der Waals surface area contributed by atoms with Crippen molar-refractivity contribution >= 4 is 29.2 Å². The summed E-state index contributed by atoms with van der Waals surface area (Å²) in [4.78, 5) is 24.0. The molecule has 2 aromatic rings.